The molecule has 2 aromatic rings. The summed E-state index contributed by atoms with van der Waals surface area (Å²) in [6, 6.07) is 5.84. The summed E-state index contributed by atoms with van der Waals surface area (Å²) in [5, 5.41) is 1.95. The number of allylic oxidation sites excluding steroid dienone is 3. The van der Waals surface area contributed by atoms with Gasteiger partial charge in [0.25, 0.3) is 0 Å². The lowest BCUT2D eigenvalue weighted by Gasteiger charge is -2.09. The Kier molecular flexibility index (Phi) is 5.08. The monoisotopic (exact) mass is 359 g/mol. The fourth-order valence-electron chi connectivity index (χ4n) is 2.78. The van der Waals surface area contributed by atoms with E-state index in [2.05, 4.69) is 11.1 Å². The van der Waals surface area contributed by atoms with Gasteiger partial charge in [-0.1, -0.05) is 18.2 Å². The molecule has 0 spiro atoms. The summed E-state index contributed by atoms with van der Waals surface area (Å²) >= 11 is 0. The Labute approximate surface area is 155 Å². The molecule has 0 radical (unpaired) electrons. The maximum absolute atomic E-state index is 11.2. The van der Waals surface area contributed by atoms with Crippen LogP contribution >= 0.6 is 0 Å². The zero-order valence-electron chi connectivity index (χ0n) is 14.4. The van der Waals surface area contributed by atoms with Gasteiger partial charge in [-0.25, -0.2) is 0 Å². The van der Waals surface area contributed by atoms with Gasteiger partial charge in [0.15, 0.2) is 5.78 Å². The number of nitrogens with two attached hydrogens (primary N) is 2. The molecular weight excluding hydrogens is 342 g/mol. The lowest BCUT2D eigenvalue weighted by atomic mass is 9.97. The molecule has 4 N–H and O–H groups in total. The van der Waals surface area contributed by atoms with Crippen molar-refractivity contribution in [3.63, 3.8) is 0 Å². The van der Waals surface area contributed by atoms with Crippen molar-refractivity contribution < 1.29 is 14.4 Å². The molecule has 134 valence electrons. The van der Waals surface area contributed by atoms with Crippen molar-refractivity contribution >= 4 is 35.8 Å². The Morgan fingerprint density at radius 1 is 0.963 bits per heavy atom. The number of benzene rings is 1. The van der Waals surface area contributed by atoms with E-state index in [1.54, 1.807) is 18.3 Å². The molecule has 6 nitrogen and oxygen atoms in total. The Morgan fingerprint density at radius 2 is 1.59 bits per heavy atom. The van der Waals surface area contributed by atoms with Crippen LogP contribution in [0.15, 0.2) is 48.7 Å². The molecule has 0 fully saturated rings. The highest BCUT2D eigenvalue weighted by atomic mass is 16.1. The first-order chi connectivity index (χ1) is 13.0. The van der Waals surface area contributed by atoms with Crippen molar-refractivity contribution in [3.05, 3.63) is 81.5 Å². The highest BCUT2D eigenvalue weighted by Crippen LogP contribution is 2.08. The fourth-order valence-corrected chi connectivity index (χ4v) is 2.78. The largest absolute Gasteiger partial charge is 0.366 e. The summed E-state index contributed by atoms with van der Waals surface area (Å²) in [6.07, 6.45) is 13.9. The Hall–Kier alpha value is -3.80. The first-order valence-electron chi connectivity index (χ1n) is 8.24. The van der Waals surface area contributed by atoms with Gasteiger partial charge in [-0.15, -0.1) is 0 Å². The van der Waals surface area contributed by atoms with Crippen LogP contribution in [0, 0.1) is 0 Å². The van der Waals surface area contributed by atoms with Crippen molar-refractivity contribution in [2.24, 2.45) is 11.5 Å². The van der Waals surface area contributed by atoms with E-state index in [4.69, 9.17) is 11.5 Å². The zero-order chi connectivity index (χ0) is 19.4. The number of amides is 2. The van der Waals surface area contributed by atoms with Crippen LogP contribution in [0.4, 0.5) is 0 Å². The minimum absolute atomic E-state index is 0.0413. The molecule has 1 aromatic heterocycles. The highest BCUT2D eigenvalue weighted by molar-refractivity contribution is 6.16. The zero-order valence-corrected chi connectivity index (χ0v) is 14.4. The molecule has 0 unspecified atom stereocenters. The predicted octanol–water partition coefficient (Wildman–Crippen LogP) is 0.235. The summed E-state index contributed by atoms with van der Waals surface area (Å²) in [4.78, 5) is 36.7. The molecule has 0 atom stereocenters. The number of nitrogens with zero attached hydrogens (tertiary/aromatic N) is 1. The van der Waals surface area contributed by atoms with Crippen LogP contribution < -0.4 is 22.0 Å². The van der Waals surface area contributed by atoms with Crippen molar-refractivity contribution in [1.29, 1.82) is 0 Å². The average Bonchev–Trinajstić information content (AvgIpc) is 2.68. The van der Waals surface area contributed by atoms with E-state index >= 15 is 0 Å². The molecule has 0 saturated carbocycles. The van der Waals surface area contributed by atoms with Crippen LogP contribution in [-0.4, -0.2) is 22.6 Å². The van der Waals surface area contributed by atoms with E-state index in [0.29, 0.717) is 11.1 Å². The van der Waals surface area contributed by atoms with Gasteiger partial charge in [0.2, 0.25) is 11.8 Å². The molecule has 1 heterocycles. The number of hydrogen-bond donors (Lipinski definition) is 2. The highest BCUT2D eigenvalue weighted by Gasteiger charge is 2.09. The van der Waals surface area contributed by atoms with E-state index in [1.807, 2.05) is 18.2 Å². The molecule has 6 heteroatoms. The number of ketones is 1. The molecule has 2 aliphatic carbocycles. The SMILES string of the molecule is NC(=O)c1ccc(C(N)=O)cc1.O=C1C=Cc2c3c(ncc2=C1)=CC=CC3. The number of rotatable bonds is 2. The van der Waals surface area contributed by atoms with Gasteiger partial charge in [0.05, 0.1) is 5.35 Å². The third-order valence-corrected chi connectivity index (χ3v) is 4.17. The van der Waals surface area contributed by atoms with Gasteiger partial charge in [0, 0.05) is 22.5 Å². The second-order valence-electron chi connectivity index (χ2n) is 5.98. The molecular formula is C21H17N3O3. The van der Waals surface area contributed by atoms with Crippen LogP contribution in [0.2, 0.25) is 0 Å². The molecule has 0 bridgehead atoms. The minimum atomic E-state index is -0.522. The quantitative estimate of drug-likeness (QED) is 0.798. The van der Waals surface area contributed by atoms with Crippen LogP contribution in [0.1, 0.15) is 31.8 Å². The van der Waals surface area contributed by atoms with Gasteiger partial charge in [-0.2, -0.15) is 0 Å². The number of fused-ring (bicyclic) bond motifs is 3. The molecule has 0 saturated heterocycles. The summed E-state index contributed by atoms with van der Waals surface area (Å²) in [5.41, 5.74) is 13.0. The third-order valence-electron chi connectivity index (χ3n) is 4.17. The maximum Gasteiger partial charge on any atom is 0.248 e. The lowest BCUT2D eigenvalue weighted by Crippen LogP contribution is -2.26. The summed E-state index contributed by atoms with van der Waals surface area (Å²) in [6.45, 7) is 0. The fraction of sp³-hybridized carbons (Fsp3) is 0.0476. The van der Waals surface area contributed by atoms with Crippen molar-refractivity contribution in [2.75, 3.05) is 0 Å². The first kappa shape index (κ1) is 18.0. The van der Waals surface area contributed by atoms with Gasteiger partial charge >= 0.3 is 0 Å². The summed E-state index contributed by atoms with van der Waals surface area (Å²) in [7, 11) is 0. The predicted molar refractivity (Wildman–Crippen MR) is 103 cm³/mol. The summed E-state index contributed by atoms with van der Waals surface area (Å²) in [5.74, 6) is -1.00. The first-order valence-corrected chi connectivity index (χ1v) is 8.24. The molecule has 2 aliphatic rings. The molecule has 2 amide bonds. The molecule has 1 aromatic carbocycles. The second-order valence-corrected chi connectivity index (χ2v) is 5.98. The topological polar surface area (TPSA) is 116 Å². The molecule has 27 heavy (non-hydrogen) atoms. The number of carbonyl (C=O) groups excluding carboxylic acids is 3. The van der Waals surface area contributed by atoms with E-state index in [-0.39, 0.29) is 5.78 Å². The number of pyridine rings is 1. The van der Waals surface area contributed by atoms with E-state index in [9.17, 15) is 14.4 Å². The standard InChI is InChI=1S/C13H9NO.C8H8N2O2/c15-10-5-6-11-9(7-10)8-14-13-4-2-1-3-12(11)13;9-7(11)5-1-2-6(4-3-5)8(10)12/h1-2,4-8H,3H2;1-4H,(H2,9,11)(H2,10,12). The van der Waals surface area contributed by atoms with Gasteiger partial charge < -0.3 is 11.5 Å². The molecule has 0 aliphatic heterocycles. The van der Waals surface area contributed by atoms with E-state index < -0.39 is 11.8 Å². The Balaban J connectivity index is 0.000000161. The van der Waals surface area contributed by atoms with Crippen molar-refractivity contribution in [2.45, 2.75) is 6.42 Å². The third kappa shape index (κ3) is 4.07. The average molecular weight is 359 g/mol. The number of aromatic nitrogens is 1. The Bertz CT molecular complexity index is 1080. The van der Waals surface area contributed by atoms with E-state index in [1.165, 1.54) is 29.8 Å². The lowest BCUT2D eigenvalue weighted by molar-refractivity contribution is -0.109. The van der Waals surface area contributed by atoms with Crippen LogP contribution in [0.5, 0.6) is 0 Å². The Morgan fingerprint density at radius 3 is 2.19 bits per heavy atom. The van der Waals surface area contributed by atoms with E-state index in [0.717, 1.165) is 22.6 Å². The minimum Gasteiger partial charge on any atom is -0.366 e. The number of primary amides is 2. The summed E-state index contributed by atoms with van der Waals surface area (Å²) < 4.78 is 0. The van der Waals surface area contributed by atoms with Gasteiger partial charge in [-0.3, -0.25) is 19.4 Å². The van der Waals surface area contributed by atoms with Gasteiger partial charge in [0.1, 0.15) is 0 Å². The van der Waals surface area contributed by atoms with Crippen LogP contribution in [-0.2, 0) is 11.2 Å². The smallest absolute Gasteiger partial charge is 0.248 e. The second kappa shape index (κ2) is 7.61. The van der Waals surface area contributed by atoms with Gasteiger partial charge in [-0.05, 0) is 60.0 Å². The molecule has 4 rings (SSSR count). The van der Waals surface area contributed by atoms with Crippen molar-refractivity contribution in [3.8, 4) is 0 Å². The maximum atomic E-state index is 11.2. The van der Waals surface area contributed by atoms with Crippen LogP contribution in [0.3, 0.4) is 0 Å². The number of hydrogen-bond acceptors (Lipinski definition) is 4. The normalized spacial score (nSPS) is 13.3. The number of carbonyl (C=O) groups is 3. The van der Waals surface area contributed by atoms with Crippen LogP contribution in [0.25, 0.3) is 18.2 Å². The van der Waals surface area contributed by atoms with Crippen molar-refractivity contribution in [1.82, 2.24) is 4.98 Å².